The Hall–Kier alpha value is -0.740. The number of anilines is 1. The minimum Gasteiger partial charge on any atom is -0.378 e. The van der Waals surface area contributed by atoms with E-state index in [9.17, 15) is 0 Å². The lowest BCUT2D eigenvalue weighted by Gasteiger charge is -2.20. The summed E-state index contributed by atoms with van der Waals surface area (Å²) in [5.74, 6) is 0. The monoisotopic (exact) mass is 399 g/mol. The van der Waals surface area contributed by atoms with Crippen LogP contribution in [0.1, 0.15) is 35.2 Å². The zero-order valence-corrected chi connectivity index (χ0v) is 15.1. The highest BCUT2D eigenvalue weighted by atomic mass is 127. The molecule has 0 saturated heterocycles. The molecule has 20 heavy (non-hydrogen) atoms. The van der Waals surface area contributed by atoms with Gasteiger partial charge in [-0.3, -0.25) is 0 Å². The van der Waals surface area contributed by atoms with Gasteiger partial charge in [0.2, 0.25) is 0 Å². The summed E-state index contributed by atoms with van der Waals surface area (Å²) in [5, 5.41) is 4.35. The van der Waals surface area contributed by atoms with Crippen molar-refractivity contribution in [1.82, 2.24) is 0 Å². The zero-order chi connectivity index (χ0) is 14.9. The van der Waals surface area contributed by atoms with E-state index in [-0.39, 0.29) is 6.04 Å². The molecule has 1 unspecified atom stereocenters. The number of hydrogen-bond donors (Lipinski definition) is 1. The molecule has 0 radical (unpaired) electrons. The number of nitrogens with one attached hydrogen (secondary N) is 1. The topological polar surface area (TPSA) is 12.0 Å². The first-order valence-electron chi connectivity index (χ1n) is 6.68. The van der Waals surface area contributed by atoms with Crippen molar-refractivity contribution in [2.24, 2.45) is 0 Å². The largest absolute Gasteiger partial charge is 0.378 e. The molecule has 2 rings (SSSR count). The average molecular weight is 400 g/mol. The van der Waals surface area contributed by atoms with Gasteiger partial charge in [-0.15, -0.1) is 0 Å². The van der Waals surface area contributed by atoms with Crippen molar-refractivity contribution in [3.05, 3.63) is 61.2 Å². The molecule has 0 spiro atoms. The van der Waals surface area contributed by atoms with Gasteiger partial charge in [-0.1, -0.05) is 23.7 Å². The number of hydrogen-bond acceptors (Lipinski definition) is 1. The Morgan fingerprint density at radius 3 is 2.30 bits per heavy atom. The minimum atomic E-state index is 0.268. The van der Waals surface area contributed by atoms with Gasteiger partial charge >= 0.3 is 0 Å². The Kier molecular flexibility index (Phi) is 4.97. The number of benzene rings is 2. The highest BCUT2D eigenvalue weighted by Crippen LogP contribution is 2.28. The quantitative estimate of drug-likeness (QED) is 0.620. The summed E-state index contributed by atoms with van der Waals surface area (Å²) in [6.45, 7) is 8.69. The summed E-state index contributed by atoms with van der Waals surface area (Å²) in [4.78, 5) is 0. The van der Waals surface area contributed by atoms with Crippen molar-refractivity contribution in [2.75, 3.05) is 5.32 Å². The van der Waals surface area contributed by atoms with Gasteiger partial charge in [0.25, 0.3) is 0 Å². The molecule has 3 heteroatoms. The van der Waals surface area contributed by atoms with Crippen LogP contribution < -0.4 is 5.32 Å². The molecule has 1 atom stereocenters. The van der Waals surface area contributed by atoms with Crippen molar-refractivity contribution in [3.8, 4) is 0 Å². The third kappa shape index (κ3) is 3.47. The SMILES string of the molecule is Cc1cc(C)c(C(C)Nc2ccc(Cl)cc2I)cc1C. The summed E-state index contributed by atoms with van der Waals surface area (Å²) < 4.78 is 1.14. The molecule has 0 bridgehead atoms. The molecular weight excluding hydrogens is 381 g/mol. The van der Waals surface area contributed by atoms with E-state index in [4.69, 9.17) is 11.6 Å². The van der Waals surface area contributed by atoms with Crippen molar-refractivity contribution in [3.63, 3.8) is 0 Å². The van der Waals surface area contributed by atoms with Gasteiger partial charge in [-0.25, -0.2) is 0 Å². The fourth-order valence-electron chi connectivity index (χ4n) is 2.37. The lowest BCUT2D eigenvalue weighted by Crippen LogP contribution is -2.10. The molecule has 0 aliphatic heterocycles. The van der Waals surface area contributed by atoms with E-state index in [0.29, 0.717) is 0 Å². The van der Waals surface area contributed by atoms with Gasteiger partial charge in [0.05, 0.1) is 0 Å². The lowest BCUT2D eigenvalue weighted by molar-refractivity contribution is 0.869. The smallest absolute Gasteiger partial charge is 0.0488 e. The van der Waals surface area contributed by atoms with Crippen LogP contribution in [0.3, 0.4) is 0 Å². The predicted molar refractivity (Wildman–Crippen MR) is 96.9 cm³/mol. The van der Waals surface area contributed by atoms with E-state index < -0.39 is 0 Å². The van der Waals surface area contributed by atoms with Gasteiger partial charge in [-0.05, 0) is 90.7 Å². The fourth-order valence-corrected chi connectivity index (χ4v) is 3.39. The Labute approximate surface area is 139 Å². The van der Waals surface area contributed by atoms with Crippen LogP contribution in [0.5, 0.6) is 0 Å². The second-order valence-electron chi connectivity index (χ2n) is 5.28. The maximum absolute atomic E-state index is 6.00. The molecule has 2 aromatic rings. The summed E-state index contributed by atoms with van der Waals surface area (Å²) in [6.07, 6.45) is 0. The van der Waals surface area contributed by atoms with Crippen LogP contribution >= 0.6 is 34.2 Å². The summed E-state index contributed by atoms with van der Waals surface area (Å²) in [6, 6.07) is 10.7. The Balaban J connectivity index is 2.28. The number of rotatable bonds is 3. The van der Waals surface area contributed by atoms with Crippen LogP contribution in [0.15, 0.2) is 30.3 Å². The van der Waals surface area contributed by atoms with Crippen molar-refractivity contribution in [2.45, 2.75) is 33.7 Å². The number of aryl methyl sites for hydroxylation is 3. The van der Waals surface area contributed by atoms with Crippen LogP contribution in [-0.4, -0.2) is 0 Å². The highest BCUT2D eigenvalue weighted by molar-refractivity contribution is 14.1. The second-order valence-corrected chi connectivity index (χ2v) is 6.88. The Morgan fingerprint density at radius 2 is 1.65 bits per heavy atom. The standard InChI is InChI=1S/C17H19ClIN/c1-10-7-12(3)15(8-11(10)2)13(4)20-17-6-5-14(18)9-16(17)19/h5-9,13,20H,1-4H3. The summed E-state index contributed by atoms with van der Waals surface area (Å²) >= 11 is 8.31. The van der Waals surface area contributed by atoms with Gasteiger partial charge in [0.15, 0.2) is 0 Å². The fraction of sp³-hybridized carbons (Fsp3) is 0.294. The van der Waals surface area contributed by atoms with Crippen LogP contribution in [0.25, 0.3) is 0 Å². The third-order valence-corrected chi connectivity index (χ3v) is 4.78. The van der Waals surface area contributed by atoms with Crippen molar-refractivity contribution >= 4 is 39.9 Å². The minimum absolute atomic E-state index is 0.268. The van der Waals surface area contributed by atoms with Crippen LogP contribution in [-0.2, 0) is 0 Å². The molecule has 0 fully saturated rings. The lowest BCUT2D eigenvalue weighted by atomic mass is 9.96. The molecule has 0 aliphatic carbocycles. The second kappa shape index (κ2) is 6.35. The van der Waals surface area contributed by atoms with Gasteiger partial charge < -0.3 is 5.32 Å². The van der Waals surface area contributed by atoms with E-state index >= 15 is 0 Å². The van der Waals surface area contributed by atoms with E-state index in [2.05, 4.69) is 67.7 Å². The molecule has 2 aromatic carbocycles. The zero-order valence-electron chi connectivity index (χ0n) is 12.2. The van der Waals surface area contributed by atoms with Gasteiger partial charge in [0.1, 0.15) is 0 Å². The first-order valence-corrected chi connectivity index (χ1v) is 8.13. The molecule has 0 saturated carbocycles. The summed E-state index contributed by atoms with van der Waals surface area (Å²) in [5.41, 5.74) is 6.49. The van der Waals surface area contributed by atoms with Gasteiger partial charge in [-0.2, -0.15) is 0 Å². The average Bonchev–Trinajstić information content (AvgIpc) is 2.37. The first kappa shape index (κ1) is 15.6. The molecule has 1 N–H and O–H groups in total. The summed E-state index contributed by atoms with van der Waals surface area (Å²) in [7, 11) is 0. The van der Waals surface area contributed by atoms with Crippen LogP contribution in [0, 0.1) is 24.3 Å². The Bertz CT molecular complexity index is 637. The van der Waals surface area contributed by atoms with E-state index in [1.54, 1.807) is 0 Å². The van der Waals surface area contributed by atoms with E-state index in [1.165, 1.54) is 22.3 Å². The van der Waals surface area contributed by atoms with Crippen molar-refractivity contribution < 1.29 is 0 Å². The molecule has 106 valence electrons. The molecule has 0 amide bonds. The molecule has 0 aliphatic rings. The van der Waals surface area contributed by atoms with Crippen LogP contribution in [0.2, 0.25) is 5.02 Å². The van der Waals surface area contributed by atoms with Gasteiger partial charge in [0, 0.05) is 20.3 Å². The van der Waals surface area contributed by atoms with E-state index in [1.807, 2.05) is 18.2 Å². The molecule has 0 heterocycles. The third-order valence-electron chi connectivity index (χ3n) is 3.65. The maximum atomic E-state index is 6.00. The molecular formula is C17H19ClIN. The van der Waals surface area contributed by atoms with Crippen molar-refractivity contribution in [1.29, 1.82) is 0 Å². The number of halogens is 2. The Morgan fingerprint density at radius 1 is 1.00 bits per heavy atom. The predicted octanol–water partition coefficient (Wildman–Crippen LogP) is 6.04. The highest BCUT2D eigenvalue weighted by Gasteiger charge is 2.11. The first-order chi connectivity index (χ1) is 9.38. The molecule has 1 nitrogen and oxygen atoms in total. The van der Waals surface area contributed by atoms with E-state index in [0.717, 1.165) is 14.3 Å². The maximum Gasteiger partial charge on any atom is 0.0488 e. The van der Waals surface area contributed by atoms with Crippen LogP contribution in [0.4, 0.5) is 5.69 Å². The normalized spacial score (nSPS) is 12.3. The molecule has 0 aromatic heterocycles.